The number of aliphatic carboxylic acids is 1. The highest BCUT2D eigenvalue weighted by Gasteiger charge is 2.22. The molecule has 9 nitrogen and oxygen atoms in total. The number of fused-ring (bicyclic) bond motifs is 1. The molecule has 0 bridgehead atoms. The van der Waals surface area contributed by atoms with Crippen LogP contribution >= 0.6 is 0 Å². The lowest BCUT2D eigenvalue weighted by Gasteiger charge is -2.12. The molecule has 1 amide bonds. The first kappa shape index (κ1) is 16.0. The van der Waals surface area contributed by atoms with Crippen molar-refractivity contribution in [3.8, 4) is 5.75 Å². The molecule has 0 radical (unpaired) electrons. The third kappa shape index (κ3) is 2.84. The third-order valence-corrected chi connectivity index (χ3v) is 3.24. The van der Waals surface area contributed by atoms with Crippen molar-refractivity contribution in [3.05, 3.63) is 39.7 Å². The summed E-state index contributed by atoms with van der Waals surface area (Å²) in [6.45, 7) is -0.711. The Kier molecular flexibility index (Phi) is 4.04. The highest BCUT2D eigenvalue weighted by molar-refractivity contribution is 6.04. The number of carboxylic acid groups (broad SMARTS) is 2. The Labute approximate surface area is 128 Å². The second-order valence-electron chi connectivity index (χ2n) is 4.70. The van der Waals surface area contributed by atoms with Gasteiger partial charge in [-0.1, -0.05) is 0 Å². The number of aromatic carboxylic acids is 1. The molecule has 9 heteroatoms. The fourth-order valence-electron chi connectivity index (χ4n) is 2.10. The molecule has 0 atom stereocenters. The maximum absolute atomic E-state index is 12.2. The molecule has 120 valence electrons. The van der Waals surface area contributed by atoms with E-state index in [2.05, 4.69) is 0 Å². The van der Waals surface area contributed by atoms with Crippen LogP contribution < -0.4 is 10.9 Å². The highest BCUT2D eigenvalue weighted by atomic mass is 16.4. The number of amides is 1. The molecule has 1 aromatic carbocycles. The number of benzene rings is 1. The van der Waals surface area contributed by atoms with Crippen LogP contribution in [0.5, 0.6) is 5.75 Å². The number of nitrogens with one attached hydrogen (secondary N) is 1. The number of hydrogen-bond acceptors (Lipinski definition) is 5. The molecule has 0 aliphatic heterocycles. The summed E-state index contributed by atoms with van der Waals surface area (Å²) in [6.07, 6.45) is 0. The number of nitrogens with zero attached hydrogens (tertiary/aromatic N) is 1. The van der Waals surface area contributed by atoms with Crippen LogP contribution in [0.1, 0.15) is 20.7 Å². The van der Waals surface area contributed by atoms with E-state index in [-0.39, 0.29) is 16.5 Å². The summed E-state index contributed by atoms with van der Waals surface area (Å²) in [5, 5.41) is 29.8. The van der Waals surface area contributed by atoms with Gasteiger partial charge in [-0.2, -0.15) is 0 Å². The van der Waals surface area contributed by atoms with Gasteiger partial charge in [0.1, 0.15) is 17.9 Å². The zero-order chi connectivity index (χ0) is 17.3. The highest BCUT2D eigenvalue weighted by Crippen LogP contribution is 2.26. The van der Waals surface area contributed by atoms with E-state index in [1.54, 1.807) is 0 Å². The molecule has 0 aliphatic carbocycles. The van der Waals surface area contributed by atoms with Crippen molar-refractivity contribution in [3.63, 3.8) is 0 Å². The number of hydrogen-bond donors (Lipinski definition) is 4. The van der Waals surface area contributed by atoms with Gasteiger partial charge in [0, 0.05) is 12.4 Å². The van der Waals surface area contributed by atoms with Gasteiger partial charge in [-0.05, 0) is 18.2 Å². The topological polar surface area (TPSA) is 146 Å². The molecule has 0 fully saturated rings. The van der Waals surface area contributed by atoms with Gasteiger partial charge in [-0.3, -0.25) is 14.4 Å². The molecule has 1 heterocycles. The monoisotopic (exact) mass is 320 g/mol. The van der Waals surface area contributed by atoms with Crippen LogP contribution in [0, 0.1) is 0 Å². The van der Waals surface area contributed by atoms with Crippen LogP contribution in [0.25, 0.3) is 10.9 Å². The molecule has 0 aliphatic rings. The first-order valence-electron chi connectivity index (χ1n) is 6.33. The van der Waals surface area contributed by atoms with Crippen LogP contribution in [0.15, 0.2) is 23.0 Å². The van der Waals surface area contributed by atoms with Crippen molar-refractivity contribution in [2.75, 3.05) is 6.54 Å². The average molecular weight is 320 g/mol. The second kappa shape index (κ2) is 5.79. The van der Waals surface area contributed by atoms with E-state index in [1.165, 1.54) is 25.2 Å². The zero-order valence-electron chi connectivity index (χ0n) is 11.9. The quantitative estimate of drug-likeness (QED) is 0.608. The average Bonchev–Trinajstić information content (AvgIpc) is 2.50. The Balaban J connectivity index is 2.67. The van der Waals surface area contributed by atoms with Gasteiger partial charge < -0.3 is 25.2 Å². The lowest BCUT2D eigenvalue weighted by atomic mass is 10.1. The van der Waals surface area contributed by atoms with Crippen molar-refractivity contribution in [1.29, 1.82) is 0 Å². The SMILES string of the molecule is Cn1c(=O)c(C(=O)NCC(=O)O)c(O)c2ccc(C(=O)O)cc21. The van der Waals surface area contributed by atoms with Crippen LogP contribution in [-0.4, -0.2) is 44.3 Å². The summed E-state index contributed by atoms with van der Waals surface area (Å²) in [7, 11) is 1.31. The Morgan fingerprint density at radius 3 is 2.43 bits per heavy atom. The minimum atomic E-state index is -1.30. The molecule has 0 unspecified atom stereocenters. The van der Waals surface area contributed by atoms with E-state index in [1.807, 2.05) is 5.32 Å². The Morgan fingerprint density at radius 1 is 1.22 bits per heavy atom. The molecule has 0 spiro atoms. The molecular weight excluding hydrogens is 308 g/mol. The number of rotatable bonds is 4. The van der Waals surface area contributed by atoms with Crippen LogP contribution in [0.3, 0.4) is 0 Å². The number of pyridine rings is 1. The summed E-state index contributed by atoms with van der Waals surface area (Å²) >= 11 is 0. The fraction of sp³-hybridized carbons (Fsp3) is 0.143. The predicted octanol–water partition coefficient (Wildman–Crippen LogP) is -0.243. The zero-order valence-corrected chi connectivity index (χ0v) is 11.9. The molecule has 2 aromatic rings. The number of carbonyl (C=O) groups is 3. The number of carboxylic acids is 2. The van der Waals surface area contributed by atoms with Crippen molar-refractivity contribution < 1.29 is 29.7 Å². The van der Waals surface area contributed by atoms with Gasteiger partial charge in [-0.15, -0.1) is 0 Å². The van der Waals surface area contributed by atoms with Crippen LogP contribution in [-0.2, 0) is 11.8 Å². The maximum atomic E-state index is 12.2. The lowest BCUT2D eigenvalue weighted by molar-refractivity contribution is -0.135. The van der Waals surface area contributed by atoms with Gasteiger partial charge in [0.05, 0.1) is 11.1 Å². The summed E-state index contributed by atoms with van der Waals surface area (Å²) in [5.41, 5.74) is -1.44. The molecule has 0 saturated carbocycles. The molecule has 1 aromatic heterocycles. The molecule has 0 saturated heterocycles. The van der Waals surface area contributed by atoms with Crippen molar-refractivity contribution in [1.82, 2.24) is 9.88 Å². The first-order valence-corrected chi connectivity index (χ1v) is 6.33. The fourth-order valence-corrected chi connectivity index (χ4v) is 2.10. The maximum Gasteiger partial charge on any atom is 0.335 e. The minimum absolute atomic E-state index is 0.0880. The summed E-state index contributed by atoms with van der Waals surface area (Å²) in [5.74, 6) is -4.18. The Morgan fingerprint density at radius 2 is 1.87 bits per heavy atom. The molecule has 23 heavy (non-hydrogen) atoms. The van der Waals surface area contributed by atoms with E-state index in [0.717, 1.165) is 4.57 Å². The van der Waals surface area contributed by atoms with Gasteiger partial charge in [0.15, 0.2) is 0 Å². The standard InChI is InChI=1S/C14H12N2O7/c1-16-8-4-6(14(22)23)2-3-7(8)11(19)10(13(16)21)12(20)15-5-9(17)18/h2-4,19H,5H2,1H3,(H,15,20)(H,17,18)(H,22,23). The molecule has 4 N–H and O–H groups in total. The lowest BCUT2D eigenvalue weighted by Crippen LogP contribution is -2.35. The number of carbonyl (C=O) groups excluding carboxylic acids is 1. The van der Waals surface area contributed by atoms with E-state index >= 15 is 0 Å². The number of aromatic nitrogens is 1. The Bertz CT molecular complexity index is 898. The summed E-state index contributed by atoms with van der Waals surface area (Å²) in [4.78, 5) is 45.6. The third-order valence-electron chi connectivity index (χ3n) is 3.24. The number of aromatic hydroxyl groups is 1. The van der Waals surface area contributed by atoms with E-state index in [9.17, 15) is 24.3 Å². The van der Waals surface area contributed by atoms with E-state index in [0.29, 0.717) is 0 Å². The van der Waals surface area contributed by atoms with Crippen molar-refractivity contribution in [2.45, 2.75) is 0 Å². The first-order chi connectivity index (χ1) is 10.7. The summed E-state index contributed by atoms with van der Waals surface area (Å²) < 4.78 is 1.01. The van der Waals surface area contributed by atoms with Gasteiger partial charge >= 0.3 is 11.9 Å². The van der Waals surface area contributed by atoms with E-state index < -0.39 is 41.3 Å². The van der Waals surface area contributed by atoms with Crippen molar-refractivity contribution in [2.24, 2.45) is 7.05 Å². The van der Waals surface area contributed by atoms with Crippen LogP contribution in [0.4, 0.5) is 0 Å². The number of aryl methyl sites for hydroxylation is 1. The van der Waals surface area contributed by atoms with E-state index in [4.69, 9.17) is 10.2 Å². The molecule has 2 rings (SSSR count). The van der Waals surface area contributed by atoms with Gasteiger partial charge in [-0.25, -0.2) is 4.79 Å². The normalized spacial score (nSPS) is 10.5. The summed E-state index contributed by atoms with van der Waals surface area (Å²) in [6, 6.07) is 3.67. The smallest absolute Gasteiger partial charge is 0.335 e. The van der Waals surface area contributed by atoms with Gasteiger partial charge in [0.25, 0.3) is 11.5 Å². The second-order valence-corrected chi connectivity index (χ2v) is 4.70. The van der Waals surface area contributed by atoms with Gasteiger partial charge in [0.2, 0.25) is 0 Å². The van der Waals surface area contributed by atoms with Crippen LogP contribution in [0.2, 0.25) is 0 Å². The minimum Gasteiger partial charge on any atom is -0.506 e. The van der Waals surface area contributed by atoms with Crippen molar-refractivity contribution >= 4 is 28.7 Å². The largest absolute Gasteiger partial charge is 0.506 e. The molecular formula is C14H12N2O7. The predicted molar refractivity (Wildman–Crippen MR) is 77.8 cm³/mol. The Hall–Kier alpha value is -3.36.